The first kappa shape index (κ1) is 11.7. The summed E-state index contributed by atoms with van der Waals surface area (Å²) in [6.07, 6.45) is 0. The van der Waals surface area contributed by atoms with E-state index in [0.29, 0.717) is 0 Å². The highest BCUT2D eigenvalue weighted by atomic mass is 16.7. The molecule has 0 aliphatic heterocycles. The van der Waals surface area contributed by atoms with Crippen LogP contribution in [0.1, 0.15) is 10.4 Å². The van der Waals surface area contributed by atoms with Crippen molar-refractivity contribution in [2.45, 2.75) is 0 Å². The fourth-order valence-corrected chi connectivity index (χ4v) is 0.860. The maximum absolute atomic E-state index is 11.3. The van der Waals surface area contributed by atoms with E-state index in [1.807, 2.05) is 0 Å². The average Bonchev–Trinajstić information content (AvgIpc) is 2.35. The van der Waals surface area contributed by atoms with Gasteiger partial charge in [0.25, 0.3) is 0 Å². The molecule has 84 valence electrons. The number of carbonyl (C=O) groups excluding carboxylic acids is 3. The smallest absolute Gasteiger partial charge is 0.399 e. The molecule has 1 amide bonds. The Morgan fingerprint density at radius 2 is 1.75 bits per heavy atom. The molecule has 1 rings (SSSR count). The Morgan fingerprint density at radius 1 is 1.12 bits per heavy atom. The van der Waals surface area contributed by atoms with Crippen molar-refractivity contribution in [3.8, 4) is 0 Å². The van der Waals surface area contributed by atoms with Gasteiger partial charge in [-0.15, -0.1) is 0 Å². The van der Waals surface area contributed by atoms with Crippen molar-refractivity contribution in [2.75, 3.05) is 7.11 Å². The average molecular weight is 223 g/mol. The summed E-state index contributed by atoms with van der Waals surface area (Å²) in [7, 11) is 1.04. The summed E-state index contributed by atoms with van der Waals surface area (Å²) in [4.78, 5) is 37.1. The minimum absolute atomic E-state index is 0.257. The van der Waals surface area contributed by atoms with Gasteiger partial charge >= 0.3 is 17.8 Å². The fourth-order valence-electron chi connectivity index (χ4n) is 0.860. The monoisotopic (exact) mass is 223 g/mol. The highest BCUT2D eigenvalue weighted by Crippen LogP contribution is 1.99. The first-order valence-electron chi connectivity index (χ1n) is 4.29. The molecular formula is C10H9NO5. The van der Waals surface area contributed by atoms with E-state index in [0.717, 1.165) is 7.11 Å². The number of amides is 1. The summed E-state index contributed by atoms with van der Waals surface area (Å²) in [6.45, 7) is 0. The molecule has 1 aromatic carbocycles. The van der Waals surface area contributed by atoms with E-state index >= 15 is 0 Å². The van der Waals surface area contributed by atoms with E-state index in [2.05, 4.69) is 9.57 Å². The third-order valence-corrected chi connectivity index (χ3v) is 1.62. The van der Waals surface area contributed by atoms with E-state index in [9.17, 15) is 14.4 Å². The largest absolute Gasteiger partial charge is 0.462 e. The third kappa shape index (κ3) is 3.09. The van der Waals surface area contributed by atoms with Crippen molar-refractivity contribution < 1.29 is 24.0 Å². The van der Waals surface area contributed by atoms with Crippen molar-refractivity contribution in [2.24, 2.45) is 0 Å². The highest BCUT2D eigenvalue weighted by Gasteiger charge is 2.16. The molecule has 0 radical (unpaired) electrons. The van der Waals surface area contributed by atoms with E-state index in [1.165, 1.54) is 12.1 Å². The molecule has 0 fully saturated rings. The van der Waals surface area contributed by atoms with Crippen LogP contribution in [0, 0.1) is 0 Å². The van der Waals surface area contributed by atoms with Crippen molar-refractivity contribution >= 4 is 17.8 Å². The molecule has 1 aromatic rings. The van der Waals surface area contributed by atoms with Crippen LogP contribution in [-0.2, 0) is 19.2 Å². The minimum atomic E-state index is -1.15. The van der Waals surface area contributed by atoms with Gasteiger partial charge in [-0.25, -0.2) is 9.59 Å². The summed E-state index contributed by atoms with van der Waals surface area (Å²) in [5.41, 5.74) is 1.93. The van der Waals surface area contributed by atoms with Gasteiger partial charge in [0.1, 0.15) is 0 Å². The van der Waals surface area contributed by atoms with Gasteiger partial charge in [0.2, 0.25) is 0 Å². The van der Waals surface area contributed by atoms with Crippen LogP contribution in [0.25, 0.3) is 0 Å². The minimum Gasteiger partial charge on any atom is -0.462 e. The predicted octanol–water partition coefficient (Wildman–Crippen LogP) is 0.0476. The molecule has 6 heteroatoms. The number of esters is 1. The second-order valence-corrected chi connectivity index (χ2v) is 2.68. The number of nitrogens with one attached hydrogen (secondary N) is 1. The molecule has 0 aromatic heterocycles. The lowest BCUT2D eigenvalue weighted by molar-refractivity contribution is -0.156. The molecule has 0 bridgehead atoms. The Labute approximate surface area is 91.1 Å². The molecule has 0 saturated carbocycles. The van der Waals surface area contributed by atoms with Crippen LogP contribution in [0.5, 0.6) is 0 Å². The van der Waals surface area contributed by atoms with Gasteiger partial charge in [-0.1, -0.05) is 18.2 Å². The molecular weight excluding hydrogens is 214 g/mol. The quantitative estimate of drug-likeness (QED) is 0.413. The summed E-state index contributed by atoms with van der Waals surface area (Å²) in [5.74, 6) is -3.05. The zero-order valence-electron chi connectivity index (χ0n) is 8.43. The van der Waals surface area contributed by atoms with Gasteiger partial charge in [-0.2, -0.15) is 5.48 Å². The maximum Gasteiger partial charge on any atom is 0.399 e. The van der Waals surface area contributed by atoms with E-state index < -0.39 is 17.8 Å². The van der Waals surface area contributed by atoms with Crippen LogP contribution in [0.15, 0.2) is 30.3 Å². The van der Waals surface area contributed by atoms with Crippen molar-refractivity contribution in [3.05, 3.63) is 35.9 Å². The number of hydroxylamine groups is 1. The SMILES string of the molecule is COC(=O)C(=O)NOC(=O)c1ccccc1. The third-order valence-electron chi connectivity index (χ3n) is 1.62. The summed E-state index contributed by atoms with van der Waals surface area (Å²) >= 11 is 0. The number of benzene rings is 1. The van der Waals surface area contributed by atoms with E-state index in [4.69, 9.17) is 0 Å². The molecule has 16 heavy (non-hydrogen) atoms. The summed E-state index contributed by atoms with van der Waals surface area (Å²) in [5, 5.41) is 0. The first-order valence-corrected chi connectivity index (χ1v) is 4.29. The van der Waals surface area contributed by atoms with Gasteiger partial charge in [0, 0.05) is 0 Å². The molecule has 0 saturated heterocycles. The topological polar surface area (TPSA) is 81.7 Å². The standard InChI is InChI=1S/C10H9NO5/c1-15-10(14)8(12)11-16-9(13)7-5-3-2-4-6-7/h2-6H,1H3,(H,11,12). The normalized spacial score (nSPS) is 9.06. The lowest BCUT2D eigenvalue weighted by Gasteiger charge is -2.03. The molecule has 6 nitrogen and oxygen atoms in total. The molecule has 0 aliphatic carbocycles. The van der Waals surface area contributed by atoms with Gasteiger partial charge in [0.05, 0.1) is 12.7 Å². The second kappa shape index (κ2) is 5.50. The maximum atomic E-state index is 11.3. The number of methoxy groups -OCH3 is 1. The van der Waals surface area contributed by atoms with Gasteiger partial charge in [-0.05, 0) is 12.1 Å². The highest BCUT2D eigenvalue weighted by molar-refractivity contribution is 6.32. The van der Waals surface area contributed by atoms with Crippen molar-refractivity contribution in [3.63, 3.8) is 0 Å². The second-order valence-electron chi connectivity index (χ2n) is 2.68. The van der Waals surface area contributed by atoms with Gasteiger partial charge < -0.3 is 9.57 Å². The molecule has 0 spiro atoms. The number of hydrogen-bond donors (Lipinski definition) is 1. The van der Waals surface area contributed by atoms with Crippen LogP contribution in [0.3, 0.4) is 0 Å². The Bertz CT molecular complexity index is 401. The van der Waals surface area contributed by atoms with E-state index in [-0.39, 0.29) is 5.56 Å². The van der Waals surface area contributed by atoms with Crippen LogP contribution >= 0.6 is 0 Å². The Kier molecular flexibility index (Phi) is 4.02. The van der Waals surface area contributed by atoms with Crippen LogP contribution in [0.2, 0.25) is 0 Å². The van der Waals surface area contributed by atoms with Crippen molar-refractivity contribution in [1.29, 1.82) is 0 Å². The molecule has 1 N–H and O–H groups in total. The molecule has 0 aliphatic rings. The van der Waals surface area contributed by atoms with Gasteiger partial charge in [-0.3, -0.25) is 4.79 Å². The zero-order valence-corrected chi connectivity index (χ0v) is 8.43. The fraction of sp³-hybridized carbons (Fsp3) is 0.100. The summed E-state index contributed by atoms with van der Waals surface area (Å²) in [6, 6.07) is 8.01. The van der Waals surface area contributed by atoms with Crippen LogP contribution < -0.4 is 5.48 Å². The number of hydrogen-bond acceptors (Lipinski definition) is 5. The number of ether oxygens (including phenoxy) is 1. The molecule has 0 unspecified atom stereocenters. The predicted molar refractivity (Wildman–Crippen MR) is 52.0 cm³/mol. The molecule has 0 heterocycles. The lowest BCUT2D eigenvalue weighted by Crippen LogP contribution is -2.33. The Morgan fingerprint density at radius 3 is 2.31 bits per heavy atom. The Hall–Kier alpha value is -2.37. The van der Waals surface area contributed by atoms with Crippen molar-refractivity contribution in [1.82, 2.24) is 5.48 Å². The Balaban J connectivity index is 2.48. The number of rotatable bonds is 1. The van der Waals surface area contributed by atoms with Crippen LogP contribution in [0.4, 0.5) is 0 Å². The molecule has 0 atom stereocenters. The van der Waals surface area contributed by atoms with Crippen LogP contribution in [-0.4, -0.2) is 25.0 Å². The first-order chi connectivity index (χ1) is 7.65. The summed E-state index contributed by atoms with van der Waals surface area (Å²) < 4.78 is 4.11. The zero-order chi connectivity index (χ0) is 12.0. The number of carbonyl (C=O) groups is 3. The lowest BCUT2D eigenvalue weighted by atomic mass is 10.2. The van der Waals surface area contributed by atoms with Gasteiger partial charge in [0.15, 0.2) is 0 Å². The van der Waals surface area contributed by atoms with E-state index in [1.54, 1.807) is 23.7 Å².